The number of hydrazone groups is 1. The van der Waals surface area contributed by atoms with E-state index in [1.807, 2.05) is 31.2 Å². The summed E-state index contributed by atoms with van der Waals surface area (Å²) in [5.41, 5.74) is 4.83. The molecule has 1 amide bonds. The molecule has 41 heavy (non-hydrogen) atoms. The standard InChI is InChI=1S/C32H26ClN3O4S/c1-22-10-17-26(18-11-22)41(39,40)36(21-23-12-15-25(33)16-13-23)30-9-5-4-8-28(30)32(38)35-34-20-29-27-7-3-2-6-24(27)14-19-31(29)37/h2-20,37H,21H2,1H3,(H,35,38)/b34-20-. The molecule has 5 aromatic carbocycles. The van der Waals surface area contributed by atoms with Crippen molar-refractivity contribution < 1.29 is 18.3 Å². The zero-order valence-corrected chi connectivity index (χ0v) is 23.6. The van der Waals surface area contributed by atoms with Crippen molar-refractivity contribution in [2.45, 2.75) is 18.4 Å². The number of hydrogen-bond acceptors (Lipinski definition) is 5. The Kier molecular flexibility index (Phi) is 8.05. The highest BCUT2D eigenvalue weighted by molar-refractivity contribution is 7.92. The molecular formula is C32H26ClN3O4S. The van der Waals surface area contributed by atoms with E-state index in [9.17, 15) is 18.3 Å². The third kappa shape index (κ3) is 6.09. The molecule has 0 saturated carbocycles. The molecular weight excluding hydrogens is 558 g/mol. The van der Waals surface area contributed by atoms with E-state index in [1.165, 1.54) is 16.6 Å². The lowest BCUT2D eigenvalue weighted by Crippen LogP contribution is -2.33. The number of aryl methyl sites for hydroxylation is 1. The van der Waals surface area contributed by atoms with Crippen LogP contribution in [0, 0.1) is 6.92 Å². The maximum atomic E-state index is 14.0. The van der Waals surface area contributed by atoms with Gasteiger partial charge in [0.1, 0.15) is 5.75 Å². The van der Waals surface area contributed by atoms with Gasteiger partial charge in [-0.05, 0) is 65.7 Å². The van der Waals surface area contributed by atoms with E-state index in [0.717, 1.165) is 16.3 Å². The molecule has 7 nitrogen and oxygen atoms in total. The SMILES string of the molecule is Cc1ccc(S(=O)(=O)N(Cc2ccc(Cl)cc2)c2ccccc2C(=O)N/N=C\c2c(O)ccc3ccccc23)cc1. The Labute approximate surface area is 243 Å². The zero-order valence-electron chi connectivity index (χ0n) is 22.0. The number of aromatic hydroxyl groups is 1. The van der Waals surface area contributed by atoms with Gasteiger partial charge in [-0.2, -0.15) is 5.10 Å². The van der Waals surface area contributed by atoms with Crippen LogP contribution in [0.4, 0.5) is 5.69 Å². The number of sulfonamides is 1. The van der Waals surface area contributed by atoms with E-state index < -0.39 is 15.9 Å². The first-order chi connectivity index (χ1) is 19.7. The number of phenolic OH excluding ortho intramolecular Hbond substituents is 1. The third-order valence-corrected chi connectivity index (χ3v) is 8.60. The van der Waals surface area contributed by atoms with Crippen LogP contribution in [0.5, 0.6) is 5.75 Å². The summed E-state index contributed by atoms with van der Waals surface area (Å²) in [6.07, 6.45) is 1.37. The average Bonchev–Trinajstić information content (AvgIpc) is 2.98. The van der Waals surface area contributed by atoms with Crippen molar-refractivity contribution in [3.8, 4) is 5.75 Å². The number of amides is 1. The lowest BCUT2D eigenvalue weighted by Gasteiger charge is -2.26. The van der Waals surface area contributed by atoms with Gasteiger partial charge in [-0.25, -0.2) is 13.8 Å². The van der Waals surface area contributed by atoms with Gasteiger partial charge in [0.05, 0.1) is 28.9 Å². The number of carbonyl (C=O) groups is 1. The van der Waals surface area contributed by atoms with Gasteiger partial charge >= 0.3 is 0 Å². The molecule has 0 fully saturated rings. The quantitative estimate of drug-likeness (QED) is 0.157. The number of carbonyl (C=O) groups excluding carboxylic acids is 1. The van der Waals surface area contributed by atoms with E-state index in [1.54, 1.807) is 78.9 Å². The summed E-state index contributed by atoms with van der Waals surface area (Å²) in [6.45, 7) is 1.84. The van der Waals surface area contributed by atoms with Gasteiger partial charge in [0.2, 0.25) is 0 Å². The fourth-order valence-corrected chi connectivity index (χ4v) is 6.01. The van der Waals surface area contributed by atoms with Gasteiger partial charge in [-0.15, -0.1) is 0 Å². The minimum Gasteiger partial charge on any atom is -0.507 e. The number of nitrogens with zero attached hydrogens (tertiary/aromatic N) is 2. The first-order valence-corrected chi connectivity index (χ1v) is 14.5. The molecule has 2 N–H and O–H groups in total. The van der Waals surface area contributed by atoms with Crippen LogP contribution < -0.4 is 9.73 Å². The van der Waals surface area contributed by atoms with Crippen LogP contribution in [0.2, 0.25) is 5.02 Å². The molecule has 0 radical (unpaired) electrons. The van der Waals surface area contributed by atoms with Crippen molar-refractivity contribution in [2.24, 2.45) is 5.10 Å². The molecule has 0 unspecified atom stereocenters. The van der Waals surface area contributed by atoms with Crippen molar-refractivity contribution in [3.63, 3.8) is 0 Å². The number of fused-ring (bicyclic) bond motifs is 1. The smallest absolute Gasteiger partial charge is 0.273 e. The maximum Gasteiger partial charge on any atom is 0.273 e. The van der Waals surface area contributed by atoms with Crippen LogP contribution in [-0.4, -0.2) is 25.6 Å². The molecule has 206 valence electrons. The Balaban J connectivity index is 1.51. The second-order valence-electron chi connectivity index (χ2n) is 9.39. The normalized spacial score (nSPS) is 11.6. The highest BCUT2D eigenvalue weighted by Gasteiger charge is 2.28. The molecule has 5 aromatic rings. The van der Waals surface area contributed by atoms with Crippen LogP contribution in [0.25, 0.3) is 10.8 Å². The Bertz CT molecular complexity index is 1860. The molecule has 0 saturated heterocycles. The molecule has 0 aromatic heterocycles. The molecule has 0 atom stereocenters. The van der Waals surface area contributed by atoms with Crippen LogP contribution in [0.3, 0.4) is 0 Å². The summed E-state index contributed by atoms with van der Waals surface area (Å²) in [4.78, 5) is 13.5. The van der Waals surface area contributed by atoms with Crippen LogP contribution in [0.15, 0.2) is 119 Å². The second kappa shape index (κ2) is 11.8. The van der Waals surface area contributed by atoms with Crippen LogP contribution in [-0.2, 0) is 16.6 Å². The number of rotatable bonds is 8. The van der Waals surface area contributed by atoms with Crippen molar-refractivity contribution in [2.75, 3.05) is 4.31 Å². The van der Waals surface area contributed by atoms with Crippen molar-refractivity contribution in [3.05, 3.63) is 136 Å². The number of anilines is 1. The molecule has 0 bridgehead atoms. The van der Waals surface area contributed by atoms with Gasteiger partial charge in [0.25, 0.3) is 15.9 Å². The van der Waals surface area contributed by atoms with Crippen LogP contribution in [0.1, 0.15) is 27.0 Å². The number of para-hydroxylation sites is 1. The fraction of sp³-hybridized carbons (Fsp3) is 0.0625. The average molecular weight is 584 g/mol. The molecule has 0 aliphatic heterocycles. The van der Waals surface area contributed by atoms with E-state index >= 15 is 0 Å². The monoisotopic (exact) mass is 583 g/mol. The van der Waals surface area contributed by atoms with Crippen molar-refractivity contribution in [1.29, 1.82) is 0 Å². The Morgan fingerprint density at radius 3 is 2.34 bits per heavy atom. The van der Waals surface area contributed by atoms with Crippen molar-refractivity contribution >= 4 is 50.2 Å². The van der Waals surface area contributed by atoms with Gasteiger partial charge in [0, 0.05) is 10.6 Å². The van der Waals surface area contributed by atoms with Gasteiger partial charge in [0.15, 0.2) is 0 Å². The maximum absolute atomic E-state index is 14.0. The minimum absolute atomic E-state index is 0.0143. The first kappa shape index (κ1) is 27.9. The van der Waals surface area contributed by atoms with E-state index in [-0.39, 0.29) is 28.4 Å². The number of phenols is 1. The topological polar surface area (TPSA) is 99.1 Å². The third-order valence-electron chi connectivity index (χ3n) is 6.57. The summed E-state index contributed by atoms with van der Waals surface area (Å²) in [7, 11) is -4.08. The molecule has 0 heterocycles. The lowest BCUT2D eigenvalue weighted by molar-refractivity contribution is 0.0955. The van der Waals surface area contributed by atoms with E-state index in [4.69, 9.17) is 11.6 Å². The number of benzene rings is 5. The zero-order chi connectivity index (χ0) is 29.0. The van der Waals surface area contributed by atoms with E-state index in [0.29, 0.717) is 16.1 Å². The molecule has 0 spiro atoms. The predicted octanol–water partition coefficient (Wildman–Crippen LogP) is 6.67. The van der Waals surface area contributed by atoms with Gasteiger partial charge in [-0.1, -0.05) is 83.9 Å². The number of halogens is 1. The molecule has 0 aliphatic rings. The fourth-order valence-electron chi connectivity index (χ4n) is 4.41. The Morgan fingerprint density at radius 2 is 1.59 bits per heavy atom. The summed E-state index contributed by atoms with van der Waals surface area (Å²) in [6, 6.07) is 30.7. The summed E-state index contributed by atoms with van der Waals surface area (Å²) in [5.74, 6) is -0.600. The second-order valence-corrected chi connectivity index (χ2v) is 11.7. The van der Waals surface area contributed by atoms with Gasteiger partial charge in [-0.3, -0.25) is 9.10 Å². The van der Waals surface area contributed by atoms with Gasteiger partial charge < -0.3 is 5.11 Å². The highest BCUT2D eigenvalue weighted by Crippen LogP contribution is 2.30. The lowest BCUT2D eigenvalue weighted by atomic mass is 10.0. The highest BCUT2D eigenvalue weighted by atomic mass is 35.5. The Morgan fingerprint density at radius 1 is 0.902 bits per heavy atom. The Hall–Kier alpha value is -4.66. The summed E-state index contributed by atoms with van der Waals surface area (Å²) in [5, 5.41) is 16.7. The van der Waals surface area contributed by atoms with Crippen molar-refractivity contribution in [1.82, 2.24) is 5.43 Å². The van der Waals surface area contributed by atoms with E-state index in [2.05, 4.69) is 10.5 Å². The number of nitrogens with one attached hydrogen (secondary N) is 1. The molecule has 9 heteroatoms. The largest absolute Gasteiger partial charge is 0.507 e. The molecule has 5 rings (SSSR count). The first-order valence-electron chi connectivity index (χ1n) is 12.7. The predicted molar refractivity (Wildman–Crippen MR) is 163 cm³/mol. The summed E-state index contributed by atoms with van der Waals surface area (Å²) >= 11 is 6.05. The summed E-state index contributed by atoms with van der Waals surface area (Å²) < 4.78 is 29.1. The number of hydrogen-bond donors (Lipinski definition) is 2. The van der Waals surface area contributed by atoms with Crippen LogP contribution >= 0.6 is 11.6 Å². The molecule has 0 aliphatic carbocycles. The minimum atomic E-state index is -4.08.